The van der Waals surface area contributed by atoms with Gasteiger partial charge in [0.2, 0.25) is 0 Å². The van der Waals surface area contributed by atoms with Crippen molar-refractivity contribution in [1.82, 2.24) is 10.6 Å². The van der Waals surface area contributed by atoms with Gasteiger partial charge in [-0.2, -0.15) is 0 Å². The predicted molar refractivity (Wildman–Crippen MR) is 132 cm³/mol. The molecule has 0 unspecified atom stereocenters. The fourth-order valence-corrected chi connectivity index (χ4v) is 3.92. The van der Waals surface area contributed by atoms with Crippen molar-refractivity contribution in [2.75, 3.05) is 0 Å². The normalized spacial score (nSPS) is 13.4. The van der Waals surface area contributed by atoms with E-state index in [0.29, 0.717) is 11.1 Å². The molecule has 33 heavy (non-hydrogen) atoms. The average Bonchev–Trinajstić information content (AvgIpc) is 2.83. The van der Waals surface area contributed by atoms with Crippen LogP contribution in [0, 0.1) is 3.57 Å². The number of hydrogen-bond donors (Lipinski definition) is 4. The van der Waals surface area contributed by atoms with Crippen molar-refractivity contribution in [3.63, 3.8) is 0 Å². The fraction of sp³-hybridized carbons (Fsp3) is 0.160. The first-order valence-corrected chi connectivity index (χ1v) is 11.3. The number of amides is 2. The molecule has 0 aliphatic heterocycles. The Labute approximate surface area is 205 Å². The number of nitrogens with one attached hydrogen (secondary N) is 2. The first-order valence-electron chi connectivity index (χ1n) is 10.2. The van der Waals surface area contributed by atoms with Crippen LogP contribution in [0.5, 0.6) is 0 Å². The van der Waals surface area contributed by atoms with Crippen molar-refractivity contribution in [2.24, 2.45) is 0 Å². The number of carboxylic acid groups (broad SMARTS) is 1. The molecule has 170 valence electrons. The molecule has 0 fully saturated rings. The van der Waals surface area contributed by atoms with Gasteiger partial charge in [-0.1, -0.05) is 66.7 Å². The zero-order valence-electron chi connectivity index (χ0n) is 17.5. The SMILES string of the molecule is O=C(N[C@@H](c1ccccc1)[C@@H](O)C(=O)N[C@@H](Cc1ccccc1I)C(=O)O)c1ccccc1. The topological polar surface area (TPSA) is 116 Å². The number of hydrogen-bond acceptors (Lipinski definition) is 4. The number of rotatable bonds is 9. The molecule has 3 aromatic carbocycles. The first-order chi connectivity index (χ1) is 15.9. The maximum Gasteiger partial charge on any atom is 0.326 e. The van der Waals surface area contributed by atoms with E-state index in [0.717, 1.165) is 9.13 Å². The average molecular weight is 558 g/mol. The molecular weight excluding hydrogens is 535 g/mol. The van der Waals surface area contributed by atoms with E-state index in [4.69, 9.17) is 0 Å². The van der Waals surface area contributed by atoms with Crippen LogP contribution in [-0.4, -0.2) is 40.1 Å². The van der Waals surface area contributed by atoms with Gasteiger partial charge in [0, 0.05) is 15.6 Å². The Bertz CT molecular complexity index is 1110. The van der Waals surface area contributed by atoms with Crippen LogP contribution in [0.3, 0.4) is 0 Å². The molecule has 3 atom stereocenters. The summed E-state index contributed by atoms with van der Waals surface area (Å²) in [6.45, 7) is 0. The zero-order valence-corrected chi connectivity index (χ0v) is 19.7. The molecule has 0 aliphatic carbocycles. The molecular formula is C25H23IN2O5. The number of halogens is 1. The van der Waals surface area contributed by atoms with Gasteiger partial charge in [-0.25, -0.2) is 4.79 Å². The quantitative estimate of drug-likeness (QED) is 0.302. The monoisotopic (exact) mass is 558 g/mol. The van der Waals surface area contributed by atoms with E-state index < -0.39 is 36.0 Å². The Morgan fingerprint density at radius 1 is 0.818 bits per heavy atom. The van der Waals surface area contributed by atoms with E-state index in [-0.39, 0.29) is 6.42 Å². The Balaban J connectivity index is 1.79. The van der Waals surface area contributed by atoms with E-state index in [1.807, 2.05) is 12.1 Å². The number of carbonyl (C=O) groups is 3. The Morgan fingerprint density at radius 2 is 1.39 bits per heavy atom. The lowest BCUT2D eigenvalue weighted by Gasteiger charge is -2.25. The second kappa shape index (κ2) is 11.6. The maximum atomic E-state index is 12.9. The molecule has 0 saturated heterocycles. The first kappa shape index (κ1) is 24.4. The van der Waals surface area contributed by atoms with Gasteiger partial charge in [-0.3, -0.25) is 9.59 Å². The second-order valence-corrected chi connectivity index (χ2v) is 8.53. The highest BCUT2D eigenvalue weighted by Crippen LogP contribution is 2.19. The number of aliphatic hydroxyl groups excluding tert-OH is 1. The van der Waals surface area contributed by atoms with Crippen molar-refractivity contribution in [2.45, 2.75) is 24.6 Å². The molecule has 0 saturated carbocycles. The summed E-state index contributed by atoms with van der Waals surface area (Å²) < 4.78 is 0.869. The van der Waals surface area contributed by atoms with E-state index in [2.05, 4.69) is 33.2 Å². The molecule has 0 heterocycles. The van der Waals surface area contributed by atoms with Crippen molar-refractivity contribution >= 4 is 40.4 Å². The molecule has 2 amide bonds. The van der Waals surface area contributed by atoms with Crippen LogP contribution in [0.4, 0.5) is 0 Å². The van der Waals surface area contributed by atoms with Gasteiger partial charge in [-0.15, -0.1) is 0 Å². The Kier molecular flexibility index (Phi) is 8.56. The van der Waals surface area contributed by atoms with Gasteiger partial charge in [0.05, 0.1) is 6.04 Å². The number of carbonyl (C=O) groups excluding carboxylic acids is 2. The summed E-state index contributed by atoms with van der Waals surface area (Å²) in [5.74, 6) is -2.58. The highest BCUT2D eigenvalue weighted by molar-refractivity contribution is 14.1. The molecule has 3 aromatic rings. The highest BCUT2D eigenvalue weighted by atomic mass is 127. The third kappa shape index (κ3) is 6.62. The summed E-state index contributed by atoms with van der Waals surface area (Å²) in [7, 11) is 0. The minimum Gasteiger partial charge on any atom is -0.480 e. The largest absolute Gasteiger partial charge is 0.480 e. The van der Waals surface area contributed by atoms with E-state index >= 15 is 0 Å². The lowest BCUT2D eigenvalue weighted by atomic mass is 9.99. The van der Waals surface area contributed by atoms with Crippen LogP contribution in [0.1, 0.15) is 27.5 Å². The number of benzene rings is 3. The minimum absolute atomic E-state index is 0.0548. The third-order valence-electron chi connectivity index (χ3n) is 5.06. The number of carboxylic acids is 1. The van der Waals surface area contributed by atoms with Crippen molar-refractivity contribution in [3.05, 3.63) is 105 Å². The van der Waals surface area contributed by atoms with Gasteiger partial charge in [0.25, 0.3) is 11.8 Å². The van der Waals surface area contributed by atoms with Gasteiger partial charge < -0.3 is 20.8 Å². The number of aliphatic hydroxyl groups is 1. The van der Waals surface area contributed by atoms with Crippen LogP contribution < -0.4 is 10.6 Å². The molecule has 0 bridgehead atoms. The smallest absolute Gasteiger partial charge is 0.326 e. The molecule has 0 aromatic heterocycles. The lowest BCUT2D eigenvalue weighted by Crippen LogP contribution is -2.50. The van der Waals surface area contributed by atoms with Crippen molar-refractivity contribution in [1.29, 1.82) is 0 Å². The molecule has 0 spiro atoms. The molecule has 4 N–H and O–H groups in total. The lowest BCUT2D eigenvalue weighted by molar-refractivity contribution is -0.143. The summed E-state index contributed by atoms with van der Waals surface area (Å²) in [5, 5.41) is 25.6. The maximum absolute atomic E-state index is 12.9. The molecule has 0 radical (unpaired) electrons. The summed E-state index contributed by atoms with van der Waals surface area (Å²) in [4.78, 5) is 37.4. The minimum atomic E-state index is -1.71. The van der Waals surface area contributed by atoms with E-state index in [9.17, 15) is 24.6 Å². The summed E-state index contributed by atoms with van der Waals surface area (Å²) >= 11 is 2.10. The highest BCUT2D eigenvalue weighted by Gasteiger charge is 2.32. The zero-order chi connectivity index (χ0) is 23.8. The van der Waals surface area contributed by atoms with Gasteiger partial charge in [0.1, 0.15) is 6.04 Å². The van der Waals surface area contributed by atoms with Crippen LogP contribution in [-0.2, 0) is 16.0 Å². The van der Waals surface area contributed by atoms with Crippen LogP contribution in [0.2, 0.25) is 0 Å². The van der Waals surface area contributed by atoms with E-state index in [1.165, 1.54) is 0 Å². The van der Waals surface area contributed by atoms with Gasteiger partial charge in [0.15, 0.2) is 6.10 Å². The second-order valence-electron chi connectivity index (χ2n) is 7.37. The Hall–Kier alpha value is -3.24. The van der Waals surface area contributed by atoms with E-state index in [1.54, 1.807) is 72.8 Å². The third-order valence-corrected chi connectivity index (χ3v) is 6.11. The number of aliphatic carboxylic acids is 1. The molecule has 7 nitrogen and oxygen atoms in total. The fourth-order valence-electron chi connectivity index (χ4n) is 3.31. The molecule has 0 aliphatic rings. The van der Waals surface area contributed by atoms with Crippen molar-refractivity contribution < 1.29 is 24.6 Å². The summed E-state index contributed by atoms with van der Waals surface area (Å²) in [6.07, 6.45) is -1.66. The van der Waals surface area contributed by atoms with Crippen molar-refractivity contribution in [3.8, 4) is 0 Å². The standard InChI is InChI=1S/C25H23IN2O5/c26-19-14-8-7-13-18(19)15-20(25(32)33)27-24(31)22(29)21(16-9-3-1-4-10-16)28-23(30)17-11-5-2-6-12-17/h1-14,20-22,29H,15H2,(H,27,31)(H,28,30)(H,32,33)/t20-,21-,22+/m0/s1. The van der Waals surface area contributed by atoms with Crippen LogP contribution in [0.15, 0.2) is 84.9 Å². The molecule has 8 heteroatoms. The summed E-state index contributed by atoms with van der Waals surface area (Å²) in [6, 6.07) is 21.9. The predicted octanol–water partition coefficient (Wildman–Crippen LogP) is 2.94. The van der Waals surface area contributed by atoms with Gasteiger partial charge in [-0.05, 0) is 51.9 Å². The van der Waals surface area contributed by atoms with Gasteiger partial charge >= 0.3 is 5.97 Å². The summed E-state index contributed by atoms with van der Waals surface area (Å²) in [5.41, 5.74) is 1.64. The van der Waals surface area contributed by atoms with Crippen LogP contribution in [0.25, 0.3) is 0 Å². The van der Waals surface area contributed by atoms with Crippen LogP contribution >= 0.6 is 22.6 Å². The molecule has 3 rings (SSSR count). The Morgan fingerprint density at radius 3 is 2.00 bits per heavy atom.